The van der Waals surface area contributed by atoms with Crippen LogP contribution in [0.3, 0.4) is 0 Å². The van der Waals surface area contributed by atoms with Crippen LogP contribution >= 0.6 is 15.9 Å². The van der Waals surface area contributed by atoms with Crippen molar-refractivity contribution < 1.29 is 22.1 Å². The van der Waals surface area contributed by atoms with Crippen LogP contribution in [0.2, 0.25) is 0 Å². The van der Waals surface area contributed by atoms with Crippen LogP contribution in [-0.2, 0) is 16.6 Å². The molecule has 0 saturated heterocycles. The smallest absolute Gasteiger partial charge is 0.244 e. The molecule has 26 heavy (non-hydrogen) atoms. The van der Waals surface area contributed by atoms with E-state index in [4.69, 9.17) is 9.26 Å². The number of nitrogens with one attached hydrogen (secondary N) is 1. The zero-order valence-electron chi connectivity index (χ0n) is 13.4. The number of aromatic nitrogens is 2. The highest BCUT2D eigenvalue weighted by Gasteiger charge is 2.21. The van der Waals surface area contributed by atoms with Gasteiger partial charge in [0.2, 0.25) is 21.7 Å². The molecule has 2 aromatic carbocycles. The molecule has 0 amide bonds. The maximum atomic E-state index is 13.4. The Hall–Kier alpha value is -2.30. The van der Waals surface area contributed by atoms with E-state index in [1.54, 1.807) is 12.1 Å². The topological polar surface area (TPSA) is 94.3 Å². The van der Waals surface area contributed by atoms with Gasteiger partial charge in [0.1, 0.15) is 16.5 Å². The largest absolute Gasteiger partial charge is 0.495 e. The van der Waals surface area contributed by atoms with Gasteiger partial charge < -0.3 is 9.26 Å². The van der Waals surface area contributed by atoms with Gasteiger partial charge in [-0.25, -0.2) is 17.5 Å². The number of ether oxygens (including phenoxy) is 1. The van der Waals surface area contributed by atoms with Crippen molar-refractivity contribution in [2.24, 2.45) is 0 Å². The van der Waals surface area contributed by atoms with E-state index in [-0.39, 0.29) is 23.1 Å². The van der Waals surface area contributed by atoms with Crippen LogP contribution in [0, 0.1) is 5.82 Å². The van der Waals surface area contributed by atoms with Crippen LogP contribution in [0.4, 0.5) is 4.39 Å². The molecule has 1 N–H and O–H groups in total. The van der Waals surface area contributed by atoms with Gasteiger partial charge in [-0.2, -0.15) is 4.98 Å². The Morgan fingerprint density at radius 2 is 2.08 bits per heavy atom. The third-order valence-corrected chi connectivity index (χ3v) is 5.30. The summed E-state index contributed by atoms with van der Waals surface area (Å²) in [5.74, 6) is -0.275. The first-order valence-electron chi connectivity index (χ1n) is 7.31. The fraction of sp³-hybridized carbons (Fsp3) is 0.125. The Morgan fingerprint density at radius 1 is 1.27 bits per heavy atom. The Labute approximate surface area is 157 Å². The summed E-state index contributed by atoms with van der Waals surface area (Å²) in [5, 5.41) is 3.82. The quantitative estimate of drug-likeness (QED) is 0.631. The van der Waals surface area contributed by atoms with Crippen molar-refractivity contribution in [2.45, 2.75) is 11.4 Å². The van der Waals surface area contributed by atoms with Gasteiger partial charge in [-0.3, -0.25) is 0 Å². The molecule has 0 spiro atoms. The fourth-order valence-electron chi connectivity index (χ4n) is 2.17. The average molecular weight is 442 g/mol. The number of benzene rings is 2. The van der Waals surface area contributed by atoms with E-state index in [1.165, 1.54) is 13.2 Å². The highest BCUT2D eigenvalue weighted by atomic mass is 79.9. The van der Waals surface area contributed by atoms with Crippen molar-refractivity contribution in [3.05, 3.63) is 58.6 Å². The third kappa shape index (κ3) is 4.09. The second kappa shape index (κ2) is 7.52. The van der Waals surface area contributed by atoms with Crippen LogP contribution in [0.25, 0.3) is 11.4 Å². The van der Waals surface area contributed by atoms with Crippen molar-refractivity contribution in [1.82, 2.24) is 14.9 Å². The standard InChI is InChI=1S/C16H13BrFN3O4S/c1-24-13-6-5-12(18)8-14(13)26(22,23)19-9-15-20-16(21-25-15)10-3-2-4-11(17)7-10/h2-8,19H,9H2,1H3. The molecule has 7 nitrogen and oxygen atoms in total. The Bertz CT molecular complexity index is 1040. The molecular weight excluding hydrogens is 429 g/mol. The molecule has 0 aliphatic rings. The van der Waals surface area contributed by atoms with E-state index in [0.717, 1.165) is 16.6 Å². The molecule has 136 valence electrons. The van der Waals surface area contributed by atoms with Crippen LogP contribution in [-0.4, -0.2) is 25.7 Å². The van der Waals surface area contributed by atoms with Crippen molar-refractivity contribution in [3.8, 4) is 17.1 Å². The predicted octanol–water partition coefficient (Wildman–Crippen LogP) is 3.13. The lowest BCUT2D eigenvalue weighted by Crippen LogP contribution is -2.24. The van der Waals surface area contributed by atoms with Crippen molar-refractivity contribution in [3.63, 3.8) is 0 Å². The molecule has 1 aromatic heterocycles. The highest BCUT2D eigenvalue weighted by Crippen LogP contribution is 2.25. The van der Waals surface area contributed by atoms with Crippen molar-refractivity contribution in [2.75, 3.05) is 7.11 Å². The molecule has 3 aromatic rings. The summed E-state index contributed by atoms with van der Waals surface area (Å²) in [7, 11) is -2.74. The van der Waals surface area contributed by atoms with Crippen LogP contribution in [0.1, 0.15) is 5.89 Å². The number of rotatable bonds is 6. The van der Waals surface area contributed by atoms with E-state index in [2.05, 4.69) is 30.8 Å². The van der Waals surface area contributed by atoms with Gasteiger partial charge in [0.15, 0.2) is 0 Å². The number of sulfonamides is 1. The molecule has 0 aliphatic carbocycles. The van der Waals surface area contributed by atoms with E-state index < -0.39 is 15.8 Å². The molecule has 0 radical (unpaired) electrons. The Kier molecular flexibility index (Phi) is 5.35. The summed E-state index contributed by atoms with van der Waals surface area (Å²) in [4.78, 5) is 3.83. The van der Waals surface area contributed by atoms with Gasteiger partial charge in [-0.05, 0) is 30.3 Å². The highest BCUT2D eigenvalue weighted by molar-refractivity contribution is 9.10. The van der Waals surface area contributed by atoms with Gasteiger partial charge in [0.25, 0.3) is 0 Å². The van der Waals surface area contributed by atoms with Crippen molar-refractivity contribution in [1.29, 1.82) is 0 Å². The number of methoxy groups -OCH3 is 1. The fourth-order valence-corrected chi connectivity index (χ4v) is 3.72. The number of hydrogen-bond acceptors (Lipinski definition) is 6. The molecule has 3 rings (SSSR count). The molecular formula is C16H13BrFN3O4S. The zero-order valence-corrected chi connectivity index (χ0v) is 15.8. The molecule has 0 bridgehead atoms. The number of halogens is 2. The average Bonchev–Trinajstić information content (AvgIpc) is 3.09. The monoisotopic (exact) mass is 441 g/mol. The lowest BCUT2D eigenvalue weighted by Gasteiger charge is -2.09. The lowest BCUT2D eigenvalue weighted by atomic mass is 10.2. The Morgan fingerprint density at radius 3 is 2.81 bits per heavy atom. The predicted molar refractivity (Wildman–Crippen MR) is 94.4 cm³/mol. The molecule has 1 heterocycles. The summed E-state index contributed by atoms with van der Waals surface area (Å²) in [5.41, 5.74) is 0.712. The first kappa shape index (κ1) is 18.5. The van der Waals surface area contributed by atoms with Crippen LogP contribution in [0.5, 0.6) is 5.75 Å². The van der Waals surface area contributed by atoms with Gasteiger partial charge in [0, 0.05) is 10.0 Å². The molecule has 0 unspecified atom stereocenters. The molecule has 10 heteroatoms. The molecule has 0 atom stereocenters. The summed E-state index contributed by atoms with van der Waals surface area (Å²) in [6.07, 6.45) is 0. The van der Waals surface area contributed by atoms with E-state index in [0.29, 0.717) is 11.4 Å². The first-order valence-corrected chi connectivity index (χ1v) is 9.58. The second-order valence-electron chi connectivity index (χ2n) is 5.14. The maximum absolute atomic E-state index is 13.4. The minimum absolute atomic E-state index is 0.0271. The minimum Gasteiger partial charge on any atom is -0.495 e. The zero-order chi connectivity index (χ0) is 18.7. The summed E-state index contributed by atoms with van der Waals surface area (Å²) in [6.45, 7) is -0.247. The van der Waals surface area contributed by atoms with E-state index >= 15 is 0 Å². The van der Waals surface area contributed by atoms with E-state index in [9.17, 15) is 12.8 Å². The van der Waals surface area contributed by atoms with Gasteiger partial charge in [-0.1, -0.05) is 33.2 Å². The van der Waals surface area contributed by atoms with Crippen LogP contribution < -0.4 is 9.46 Å². The summed E-state index contributed by atoms with van der Waals surface area (Å²) < 4.78 is 51.4. The first-order chi connectivity index (χ1) is 12.4. The van der Waals surface area contributed by atoms with Gasteiger partial charge >= 0.3 is 0 Å². The van der Waals surface area contributed by atoms with Gasteiger partial charge in [-0.15, -0.1) is 0 Å². The lowest BCUT2D eigenvalue weighted by molar-refractivity contribution is 0.375. The molecule has 0 aliphatic heterocycles. The summed E-state index contributed by atoms with van der Waals surface area (Å²) >= 11 is 3.35. The van der Waals surface area contributed by atoms with Crippen LogP contribution in [0.15, 0.2) is 56.4 Å². The number of hydrogen-bond donors (Lipinski definition) is 1. The Balaban J connectivity index is 1.78. The number of nitrogens with zero attached hydrogens (tertiary/aromatic N) is 2. The van der Waals surface area contributed by atoms with Crippen molar-refractivity contribution >= 4 is 26.0 Å². The summed E-state index contributed by atoms with van der Waals surface area (Å²) in [6, 6.07) is 10.5. The SMILES string of the molecule is COc1ccc(F)cc1S(=O)(=O)NCc1nc(-c2cccc(Br)c2)no1. The van der Waals surface area contributed by atoms with E-state index in [1.807, 2.05) is 12.1 Å². The normalized spacial score (nSPS) is 11.5. The molecule has 0 fully saturated rings. The minimum atomic E-state index is -4.04. The maximum Gasteiger partial charge on any atom is 0.244 e. The van der Waals surface area contributed by atoms with Gasteiger partial charge in [0.05, 0.1) is 13.7 Å². The molecule has 0 saturated carbocycles. The second-order valence-corrected chi connectivity index (χ2v) is 7.79. The third-order valence-electron chi connectivity index (χ3n) is 3.38.